The molecule has 1 heterocycles. The zero-order chi connectivity index (χ0) is 23.3. The number of aryl methyl sites for hydroxylation is 1. The van der Waals surface area contributed by atoms with E-state index >= 15 is 0 Å². The molecule has 2 aromatic rings. The van der Waals surface area contributed by atoms with Crippen LogP contribution >= 0.6 is 12.2 Å². The average Bonchev–Trinajstić information content (AvgIpc) is 3.03. The first kappa shape index (κ1) is 23.2. The number of nitrogens with one attached hydrogen (secondary N) is 1. The third-order valence-corrected chi connectivity index (χ3v) is 5.39. The number of benzene rings is 2. The second-order valence-electron chi connectivity index (χ2n) is 7.36. The minimum absolute atomic E-state index is 0.0446. The van der Waals surface area contributed by atoms with Gasteiger partial charge < -0.3 is 14.8 Å². The molecule has 1 aliphatic heterocycles. The van der Waals surface area contributed by atoms with Gasteiger partial charge in [-0.15, -0.1) is 0 Å². The van der Waals surface area contributed by atoms with Crippen LogP contribution in [0.5, 0.6) is 11.5 Å². The van der Waals surface area contributed by atoms with Crippen molar-refractivity contribution in [3.05, 3.63) is 68.9 Å². The summed E-state index contributed by atoms with van der Waals surface area (Å²) >= 11 is 5.29. The second kappa shape index (κ2) is 10.2. The smallest absolute Gasteiger partial charge is 0.276 e. The predicted octanol–water partition coefficient (Wildman–Crippen LogP) is 4.35. The fourth-order valence-electron chi connectivity index (χ4n) is 3.34. The molecule has 0 radical (unpaired) electrons. The number of unbranched alkanes of at least 4 members (excludes halogenated alkanes) is 1. The van der Waals surface area contributed by atoms with Crippen LogP contribution in [0.15, 0.2) is 42.1 Å². The van der Waals surface area contributed by atoms with Crippen LogP contribution in [-0.2, 0) is 11.4 Å². The van der Waals surface area contributed by atoms with Crippen LogP contribution in [0.25, 0.3) is 6.08 Å². The molecule has 0 aliphatic carbocycles. The maximum Gasteiger partial charge on any atom is 0.276 e. The first-order valence-corrected chi connectivity index (χ1v) is 10.6. The van der Waals surface area contributed by atoms with Crippen molar-refractivity contribution in [2.24, 2.45) is 0 Å². The Labute approximate surface area is 192 Å². The molecule has 0 unspecified atom stereocenters. The van der Waals surface area contributed by atoms with E-state index in [1.165, 1.54) is 6.07 Å². The number of hydrogen-bond donors (Lipinski definition) is 1. The van der Waals surface area contributed by atoms with Crippen molar-refractivity contribution in [1.29, 1.82) is 0 Å². The predicted molar refractivity (Wildman–Crippen MR) is 125 cm³/mol. The Bertz CT molecular complexity index is 1080. The van der Waals surface area contributed by atoms with E-state index in [1.54, 1.807) is 43.2 Å². The molecule has 32 heavy (non-hydrogen) atoms. The van der Waals surface area contributed by atoms with Crippen LogP contribution in [0.2, 0.25) is 0 Å². The zero-order valence-electron chi connectivity index (χ0n) is 18.2. The van der Waals surface area contributed by atoms with Crippen molar-refractivity contribution in [3.63, 3.8) is 0 Å². The molecule has 1 fully saturated rings. The van der Waals surface area contributed by atoms with E-state index in [2.05, 4.69) is 12.2 Å². The Morgan fingerprint density at radius 1 is 1.25 bits per heavy atom. The standard InChI is InChI=1S/C23H25N3O5S/c1-4-5-10-25-22(27)19(24-23(25)32)13-16-6-9-21(30-3)17(12-16)14-31-18-7-8-20(26(28)29)15(2)11-18/h6-9,11-13H,4-5,10,14H2,1-3H3,(H,24,32)/b19-13+. The molecule has 3 rings (SSSR count). The molecule has 0 spiro atoms. The maximum atomic E-state index is 12.7. The van der Waals surface area contributed by atoms with E-state index in [-0.39, 0.29) is 18.2 Å². The molecule has 1 aliphatic rings. The van der Waals surface area contributed by atoms with Crippen LogP contribution in [0.4, 0.5) is 5.69 Å². The fraction of sp³-hybridized carbons (Fsp3) is 0.304. The van der Waals surface area contributed by atoms with Crippen LogP contribution in [0, 0.1) is 17.0 Å². The first-order valence-electron chi connectivity index (χ1n) is 10.2. The summed E-state index contributed by atoms with van der Waals surface area (Å²) in [5.41, 5.74) is 2.55. The number of amides is 1. The van der Waals surface area contributed by atoms with Gasteiger partial charge in [0.25, 0.3) is 11.6 Å². The van der Waals surface area contributed by atoms with Gasteiger partial charge >= 0.3 is 0 Å². The molecule has 1 N–H and O–H groups in total. The summed E-state index contributed by atoms with van der Waals surface area (Å²) in [6, 6.07) is 10.1. The summed E-state index contributed by atoms with van der Waals surface area (Å²) in [5.74, 6) is 1.01. The van der Waals surface area contributed by atoms with Gasteiger partial charge in [0.1, 0.15) is 23.8 Å². The topological polar surface area (TPSA) is 93.9 Å². The molecular formula is C23H25N3O5S. The minimum atomic E-state index is -0.424. The summed E-state index contributed by atoms with van der Waals surface area (Å²) < 4.78 is 11.3. The van der Waals surface area contributed by atoms with E-state index in [1.807, 2.05) is 12.1 Å². The van der Waals surface area contributed by atoms with Gasteiger partial charge in [0, 0.05) is 23.7 Å². The van der Waals surface area contributed by atoms with Gasteiger partial charge in [-0.3, -0.25) is 19.8 Å². The monoisotopic (exact) mass is 455 g/mol. The first-order chi connectivity index (χ1) is 15.3. The van der Waals surface area contributed by atoms with Crippen LogP contribution < -0.4 is 14.8 Å². The summed E-state index contributed by atoms with van der Waals surface area (Å²) in [6.07, 6.45) is 3.61. The Kier molecular flexibility index (Phi) is 7.42. The Morgan fingerprint density at radius 2 is 2.03 bits per heavy atom. The maximum absolute atomic E-state index is 12.7. The van der Waals surface area contributed by atoms with E-state index < -0.39 is 4.92 Å². The minimum Gasteiger partial charge on any atom is -0.496 e. The van der Waals surface area contributed by atoms with Gasteiger partial charge in [-0.05, 0) is 61.5 Å². The van der Waals surface area contributed by atoms with Gasteiger partial charge in [-0.1, -0.05) is 19.4 Å². The Morgan fingerprint density at radius 3 is 2.69 bits per heavy atom. The number of carbonyl (C=O) groups is 1. The number of nitro groups is 1. The van der Waals surface area contributed by atoms with Gasteiger partial charge in [-0.25, -0.2) is 0 Å². The lowest BCUT2D eigenvalue weighted by Crippen LogP contribution is -2.31. The lowest BCUT2D eigenvalue weighted by atomic mass is 10.1. The molecular weight excluding hydrogens is 430 g/mol. The third-order valence-electron chi connectivity index (χ3n) is 5.07. The number of rotatable bonds is 9. The average molecular weight is 456 g/mol. The zero-order valence-corrected chi connectivity index (χ0v) is 19.0. The lowest BCUT2D eigenvalue weighted by Gasteiger charge is -2.12. The highest BCUT2D eigenvalue weighted by Gasteiger charge is 2.29. The molecule has 9 heteroatoms. The lowest BCUT2D eigenvalue weighted by molar-refractivity contribution is -0.385. The molecule has 8 nitrogen and oxygen atoms in total. The summed E-state index contributed by atoms with van der Waals surface area (Å²) in [6.45, 7) is 4.51. The highest BCUT2D eigenvalue weighted by molar-refractivity contribution is 7.80. The van der Waals surface area contributed by atoms with E-state index in [0.717, 1.165) is 24.0 Å². The van der Waals surface area contributed by atoms with Crippen molar-refractivity contribution in [2.75, 3.05) is 13.7 Å². The van der Waals surface area contributed by atoms with Crippen LogP contribution in [-0.4, -0.2) is 34.5 Å². The van der Waals surface area contributed by atoms with Crippen molar-refractivity contribution < 1.29 is 19.2 Å². The van der Waals surface area contributed by atoms with Gasteiger partial charge in [-0.2, -0.15) is 0 Å². The third kappa shape index (κ3) is 5.23. The Hall–Kier alpha value is -3.46. The van der Waals surface area contributed by atoms with Gasteiger partial charge in [0.15, 0.2) is 5.11 Å². The van der Waals surface area contributed by atoms with Crippen LogP contribution in [0.1, 0.15) is 36.5 Å². The van der Waals surface area contributed by atoms with E-state index in [4.69, 9.17) is 21.7 Å². The number of nitrogens with zero attached hydrogens (tertiary/aromatic N) is 2. The molecule has 0 bridgehead atoms. The van der Waals surface area contributed by atoms with Gasteiger partial charge in [0.2, 0.25) is 0 Å². The molecule has 1 amide bonds. The van der Waals surface area contributed by atoms with Crippen molar-refractivity contribution >= 4 is 35.0 Å². The summed E-state index contributed by atoms with van der Waals surface area (Å²) in [5, 5.41) is 14.4. The normalized spacial score (nSPS) is 14.6. The molecule has 1 saturated heterocycles. The van der Waals surface area contributed by atoms with Gasteiger partial charge in [0.05, 0.1) is 12.0 Å². The quantitative estimate of drug-likeness (QED) is 0.260. The molecule has 168 valence electrons. The molecule has 0 saturated carbocycles. The number of methoxy groups -OCH3 is 1. The summed E-state index contributed by atoms with van der Waals surface area (Å²) in [7, 11) is 1.57. The fourth-order valence-corrected chi connectivity index (χ4v) is 3.63. The Balaban J connectivity index is 1.78. The number of nitro benzene ring substituents is 1. The van der Waals surface area contributed by atoms with Crippen molar-refractivity contribution in [3.8, 4) is 11.5 Å². The summed E-state index contributed by atoms with van der Waals surface area (Å²) in [4.78, 5) is 24.8. The second-order valence-corrected chi connectivity index (χ2v) is 7.75. The largest absolute Gasteiger partial charge is 0.496 e. The highest BCUT2D eigenvalue weighted by atomic mass is 32.1. The number of hydrogen-bond acceptors (Lipinski definition) is 6. The molecule has 0 atom stereocenters. The number of carbonyl (C=O) groups excluding carboxylic acids is 1. The van der Waals surface area contributed by atoms with E-state index in [0.29, 0.717) is 34.4 Å². The highest BCUT2D eigenvalue weighted by Crippen LogP contribution is 2.27. The van der Waals surface area contributed by atoms with E-state index in [9.17, 15) is 14.9 Å². The van der Waals surface area contributed by atoms with Crippen molar-refractivity contribution in [2.45, 2.75) is 33.3 Å². The SMILES string of the molecule is CCCCN1C(=O)/C(=C\c2ccc(OC)c(COc3ccc([N+](=O)[O-])c(C)c3)c2)NC1=S. The number of thiocarbonyl (C=S) groups is 1. The van der Waals surface area contributed by atoms with Crippen LogP contribution in [0.3, 0.4) is 0 Å². The molecule has 0 aromatic heterocycles. The van der Waals surface area contributed by atoms with Crippen molar-refractivity contribution in [1.82, 2.24) is 10.2 Å². The number of ether oxygens (including phenoxy) is 2. The molecule has 2 aromatic carbocycles.